The van der Waals surface area contributed by atoms with E-state index < -0.39 is 29.4 Å². The summed E-state index contributed by atoms with van der Waals surface area (Å²) in [4.78, 5) is 15.2. The number of ether oxygens (including phenoxy) is 5. The molecule has 8 aromatic rings. The van der Waals surface area contributed by atoms with E-state index in [1.165, 1.54) is 33.5 Å². The van der Waals surface area contributed by atoms with Crippen LogP contribution in [0.5, 0.6) is 23.0 Å². The predicted octanol–water partition coefficient (Wildman–Crippen LogP) is 6.97. The van der Waals surface area contributed by atoms with Crippen molar-refractivity contribution >= 4 is 22.1 Å². The summed E-state index contributed by atoms with van der Waals surface area (Å²) in [7, 11) is 5.58. The molecule has 0 bridgehead atoms. The lowest BCUT2D eigenvalue weighted by atomic mass is 10.0. The van der Waals surface area contributed by atoms with E-state index in [1.54, 1.807) is 55.2 Å². The summed E-state index contributed by atoms with van der Waals surface area (Å²) in [5.41, 5.74) is 5.07. The fourth-order valence-electron chi connectivity index (χ4n) is 8.05. The van der Waals surface area contributed by atoms with Crippen molar-refractivity contribution in [3.63, 3.8) is 0 Å². The Bertz CT molecular complexity index is 3000. The van der Waals surface area contributed by atoms with Gasteiger partial charge in [-0.2, -0.15) is 10.2 Å². The SMILES string of the molecule is COCCNCCn1cc(-c2cnc3[nH]cc(Cc4c(F)c(OC)cc(OCCC(C)NCC(O)Cn5cc(-c6cnc7[nH]cc(Cc8c(F)c(OC)cc(OC)c8F)c7c6)cn5)c4F)c3c2)cn1. The number of halogens is 4. The molecule has 0 radical (unpaired) electrons. The highest BCUT2D eigenvalue weighted by atomic mass is 19.1. The van der Waals surface area contributed by atoms with E-state index in [9.17, 15) is 5.11 Å². The third-order valence-electron chi connectivity index (χ3n) is 11.9. The Kier molecular flexibility index (Phi) is 15.4. The molecule has 0 saturated carbocycles. The summed E-state index contributed by atoms with van der Waals surface area (Å²) >= 11 is 0. The number of rotatable bonds is 24. The van der Waals surface area contributed by atoms with Crippen LogP contribution in [0.2, 0.25) is 0 Å². The first-order valence-corrected chi connectivity index (χ1v) is 22.3. The van der Waals surface area contributed by atoms with Crippen molar-refractivity contribution in [3.05, 3.63) is 119 Å². The number of hydrogen-bond donors (Lipinski definition) is 5. The largest absolute Gasteiger partial charge is 0.494 e. The quantitative estimate of drug-likeness (QED) is 0.0310. The Hall–Kier alpha value is -7.00. The molecule has 2 unspecified atom stereocenters. The number of hydrogen-bond acceptors (Lipinski definition) is 12. The minimum absolute atomic E-state index is 0.0877. The average molecular weight is 955 g/mol. The van der Waals surface area contributed by atoms with Gasteiger partial charge >= 0.3 is 0 Å². The topological polar surface area (TPSA) is 183 Å². The van der Waals surface area contributed by atoms with Crippen LogP contribution in [0.25, 0.3) is 44.3 Å². The first-order valence-electron chi connectivity index (χ1n) is 22.3. The molecule has 0 aliphatic heterocycles. The zero-order chi connectivity index (χ0) is 48.6. The lowest BCUT2D eigenvalue weighted by Gasteiger charge is -2.18. The van der Waals surface area contributed by atoms with Crippen LogP contribution in [-0.4, -0.2) is 118 Å². The number of aliphatic hydroxyl groups is 1. The Morgan fingerprint density at radius 3 is 1.72 bits per heavy atom. The van der Waals surface area contributed by atoms with E-state index >= 15 is 17.6 Å². The Balaban J connectivity index is 0.850. The number of fused-ring (bicyclic) bond motifs is 2. The third kappa shape index (κ3) is 11.0. The van der Waals surface area contributed by atoms with Gasteiger partial charge in [-0.3, -0.25) is 9.36 Å². The predicted molar refractivity (Wildman–Crippen MR) is 251 cm³/mol. The molecule has 8 rings (SSSR count). The average Bonchev–Trinajstić information content (AvgIpc) is 4.19. The third-order valence-corrected chi connectivity index (χ3v) is 11.9. The monoisotopic (exact) mass is 954 g/mol. The molecule has 364 valence electrons. The van der Waals surface area contributed by atoms with E-state index in [2.05, 4.69) is 40.8 Å². The van der Waals surface area contributed by atoms with Gasteiger partial charge in [0, 0.05) is 139 Å². The fraction of sp³-hybridized carbons (Fsp3) is 0.347. The summed E-state index contributed by atoms with van der Waals surface area (Å²) in [6.45, 7) is 5.16. The highest BCUT2D eigenvalue weighted by Gasteiger charge is 2.24. The molecule has 0 fully saturated rings. The molecule has 16 nitrogen and oxygen atoms in total. The van der Waals surface area contributed by atoms with E-state index in [4.69, 9.17) is 23.7 Å². The Morgan fingerprint density at radius 2 is 1.17 bits per heavy atom. The van der Waals surface area contributed by atoms with Crippen LogP contribution in [0.1, 0.15) is 35.6 Å². The van der Waals surface area contributed by atoms with Gasteiger partial charge in [0.15, 0.2) is 46.3 Å². The fourth-order valence-corrected chi connectivity index (χ4v) is 8.05. The van der Waals surface area contributed by atoms with Gasteiger partial charge in [-0.1, -0.05) is 0 Å². The van der Waals surface area contributed by atoms with Crippen LogP contribution >= 0.6 is 0 Å². The number of benzene rings is 2. The number of aromatic amines is 2. The second-order valence-corrected chi connectivity index (χ2v) is 16.6. The number of H-pyrrole nitrogens is 2. The number of aliphatic hydroxyl groups excluding tert-OH is 1. The van der Waals surface area contributed by atoms with Crippen LogP contribution in [0, 0.1) is 23.3 Å². The number of nitrogens with zero attached hydrogens (tertiary/aromatic N) is 6. The Morgan fingerprint density at radius 1 is 0.652 bits per heavy atom. The molecule has 2 aromatic carbocycles. The smallest absolute Gasteiger partial charge is 0.171 e. The van der Waals surface area contributed by atoms with Crippen molar-refractivity contribution in [2.24, 2.45) is 0 Å². The number of aromatic nitrogens is 8. The minimum atomic E-state index is -0.828. The molecule has 0 aliphatic carbocycles. The van der Waals surface area contributed by atoms with Crippen LogP contribution in [0.4, 0.5) is 17.6 Å². The maximum Gasteiger partial charge on any atom is 0.171 e. The van der Waals surface area contributed by atoms with Crippen molar-refractivity contribution in [3.8, 4) is 45.3 Å². The molecule has 2 atom stereocenters. The van der Waals surface area contributed by atoms with Crippen molar-refractivity contribution in [1.29, 1.82) is 0 Å². The van der Waals surface area contributed by atoms with Gasteiger partial charge in [0.05, 0.1) is 66.1 Å². The van der Waals surface area contributed by atoms with Crippen LogP contribution in [0.15, 0.2) is 73.8 Å². The lowest BCUT2D eigenvalue weighted by molar-refractivity contribution is 0.141. The van der Waals surface area contributed by atoms with Gasteiger partial charge in [0.25, 0.3) is 0 Å². The summed E-state index contributed by atoms with van der Waals surface area (Å²) in [5, 5.41) is 27.8. The first-order chi connectivity index (χ1) is 33.5. The van der Waals surface area contributed by atoms with Crippen LogP contribution < -0.4 is 29.6 Å². The van der Waals surface area contributed by atoms with Gasteiger partial charge in [-0.15, -0.1) is 0 Å². The van der Waals surface area contributed by atoms with Gasteiger partial charge in [0.2, 0.25) is 0 Å². The molecular formula is C49H54F4N10O6. The first kappa shape index (κ1) is 48.5. The lowest BCUT2D eigenvalue weighted by Crippen LogP contribution is -2.36. The molecule has 5 N–H and O–H groups in total. The summed E-state index contributed by atoms with van der Waals surface area (Å²) in [6.07, 6.45) is 13.3. The molecule has 0 spiro atoms. The van der Waals surface area contributed by atoms with Crippen molar-refractivity contribution in [2.45, 2.75) is 51.4 Å². The molecule has 0 amide bonds. The zero-order valence-corrected chi connectivity index (χ0v) is 38.8. The molecule has 69 heavy (non-hydrogen) atoms. The van der Waals surface area contributed by atoms with E-state index in [0.29, 0.717) is 58.3 Å². The highest BCUT2D eigenvalue weighted by Crippen LogP contribution is 2.36. The van der Waals surface area contributed by atoms with E-state index in [-0.39, 0.29) is 72.7 Å². The molecule has 20 heteroatoms. The molecule has 0 aliphatic rings. The standard InChI is InChI=1S/C49H54F4N10O6/c1-28(55-24-35(64)27-63-26-34(23-61-63)30-13-37-31(20-58-49(37)57-19-30)14-38-44(50)40(66-3)16-41(67-4)45(38)51)6-10-69-43-17-42(68-5)46(52)39(47(43)53)15-32-21-59-48-36(32)12-29(18-56-48)33-22-60-62(25-33)9-7-54-8-11-65-2/h12-13,16-23,25-26,28,35,54-55,64H,6-11,14-15,24,27H2,1-5H3,(H,56,59)(H,57,58). The van der Waals surface area contributed by atoms with Crippen molar-refractivity contribution in [1.82, 2.24) is 50.1 Å². The zero-order valence-electron chi connectivity index (χ0n) is 38.8. The summed E-state index contributed by atoms with van der Waals surface area (Å²) < 4.78 is 92.2. The maximum atomic E-state index is 16.1. The number of methoxy groups -OCH3 is 4. The number of pyridine rings is 2. The van der Waals surface area contributed by atoms with E-state index in [0.717, 1.165) is 29.8 Å². The second kappa shape index (κ2) is 22.0. The minimum Gasteiger partial charge on any atom is -0.494 e. The van der Waals surface area contributed by atoms with Crippen molar-refractivity contribution < 1.29 is 46.4 Å². The molecule has 6 aromatic heterocycles. The van der Waals surface area contributed by atoms with Gasteiger partial charge in [-0.25, -0.2) is 27.5 Å². The van der Waals surface area contributed by atoms with Crippen molar-refractivity contribution in [2.75, 3.05) is 61.3 Å². The van der Waals surface area contributed by atoms with E-state index in [1.807, 2.05) is 29.9 Å². The molecule has 0 saturated heterocycles. The van der Waals surface area contributed by atoms with Crippen LogP contribution in [-0.2, 0) is 30.7 Å². The molecular weight excluding hydrogens is 901 g/mol. The summed E-state index contributed by atoms with van der Waals surface area (Å²) in [5.74, 6) is -3.82. The Labute approximate surface area is 394 Å². The van der Waals surface area contributed by atoms with Gasteiger partial charge in [-0.05, 0) is 36.6 Å². The van der Waals surface area contributed by atoms with Gasteiger partial charge < -0.3 is 49.4 Å². The highest BCUT2D eigenvalue weighted by molar-refractivity contribution is 5.86. The van der Waals surface area contributed by atoms with Crippen LogP contribution in [0.3, 0.4) is 0 Å². The molecule has 6 heterocycles. The number of nitrogens with one attached hydrogen (secondary N) is 4. The maximum absolute atomic E-state index is 16.1. The summed E-state index contributed by atoms with van der Waals surface area (Å²) in [6, 6.07) is 6.02. The normalized spacial score (nSPS) is 12.6. The van der Waals surface area contributed by atoms with Gasteiger partial charge in [0.1, 0.15) is 11.3 Å². The second-order valence-electron chi connectivity index (χ2n) is 16.6.